The van der Waals surface area contributed by atoms with Gasteiger partial charge in [0.05, 0.1) is 11.8 Å². The van der Waals surface area contributed by atoms with E-state index in [2.05, 4.69) is 4.72 Å². The third-order valence-electron chi connectivity index (χ3n) is 3.54. The number of piperidine rings is 1. The standard InChI is InChI=1S/C14H19FN2O3S/c1-21(19,20)16-9-11-5-4-8-17(10-11)14(18)12-6-2-3-7-13(12)15/h2-3,6-7,11,16H,4-5,8-10H2,1H3. The van der Waals surface area contributed by atoms with Gasteiger partial charge in [-0.2, -0.15) is 0 Å². The number of carbonyl (C=O) groups excluding carboxylic acids is 1. The molecule has 1 amide bonds. The number of nitrogens with zero attached hydrogens (tertiary/aromatic N) is 1. The molecule has 1 aliphatic heterocycles. The highest BCUT2D eigenvalue weighted by molar-refractivity contribution is 7.88. The average Bonchev–Trinajstić information content (AvgIpc) is 2.44. The molecule has 7 heteroatoms. The summed E-state index contributed by atoms with van der Waals surface area (Å²) in [5.41, 5.74) is 0.0641. The molecule has 1 heterocycles. The van der Waals surface area contributed by atoms with Crippen molar-refractivity contribution in [3.05, 3.63) is 35.6 Å². The first-order valence-electron chi connectivity index (χ1n) is 6.85. The summed E-state index contributed by atoms with van der Waals surface area (Å²) in [6, 6.07) is 5.90. The second-order valence-corrected chi connectivity index (χ2v) is 7.19. The van der Waals surface area contributed by atoms with Crippen molar-refractivity contribution in [2.75, 3.05) is 25.9 Å². The van der Waals surface area contributed by atoms with E-state index in [1.807, 2.05) is 0 Å². The molecule has 0 radical (unpaired) electrons. The van der Waals surface area contributed by atoms with E-state index in [0.717, 1.165) is 19.1 Å². The van der Waals surface area contributed by atoms with Gasteiger partial charge in [0, 0.05) is 19.6 Å². The van der Waals surface area contributed by atoms with Crippen LogP contribution in [0.1, 0.15) is 23.2 Å². The Labute approximate surface area is 124 Å². The lowest BCUT2D eigenvalue weighted by atomic mass is 9.97. The molecule has 1 atom stereocenters. The lowest BCUT2D eigenvalue weighted by molar-refractivity contribution is 0.0671. The first kappa shape index (κ1) is 15.9. The van der Waals surface area contributed by atoms with E-state index in [0.29, 0.717) is 19.6 Å². The van der Waals surface area contributed by atoms with Crippen LogP contribution in [-0.4, -0.2) is 45.1 Å². The molecule has 1 unspecified atom stereocenters. The number of amides is 1. The quantitative estimate of drug-likeness (QED) is 0.909. The van der Waals surface area contributed by atoms with Crippen molar-refractivity contribution in [3.8, 4) is 0 Å². The molecule has 0 aliphatic carbocycles. The van der Waals surface area contributed by atoms with Gasteiger partial charge in [0.15, 0.2) is 0 Å². The van der Waals surface area contributed by atoms with E-state index in [4.69, 9.17) is 0 Å². The van der Waals surface area contributed by atoms with E-state index in [1.165, 1.54) is 12.1 Å². The molecule has 0 spiro atoms. The first-order chi connectivity index (χ1) is 9.87. The van der Waals surface area contributed by atoms with E-state index in [9.17, 15) is 17.6 Å². The third kappa shape index (κ3) is 4.50. The highest BCUT2D eigenvalue weighted by Crippen LogP contribution is 2.19. The summed E-state index contributed by atoms with van der Waals surface area (Å²) < 4.78 is 38.3. The van der Waals surface area contributed by atoms with Gasteiger partial charge in [-0.3, -0.25) is 4.79 Å². The normalized spacial score (nSPS) is 19.5. The molecule has 0 aromatic heterocycles. The molecule has 1 aliphatic rings. The molecule has 1 saturated heterocycles. The van der Waals surface area contributed by atoms with Gasteiger partial charge < -0.3 is 4.90 Å². The van der Waals surface area contributed by atoms with Crippen LogP contribution in [0, 0.1) is 11.7 Å². The zero-order valence-electron chi connectivity index (χ0n) is 11.9. The average molecular weight is 314 g/mol. The Kier molecular flexibility index (Phi) is 4.95. The van der Waals surface area contributed by atoms with Gasteiger partial charge in [-0.25, -0.2) is 17.5 Å². The lowest BCUT2D eigenvalue weighted by Gasteiger charge is -2.32. The Hall–Kier alpha value is -1.47. The summed E-state index contributed by atoms with van der Waals surface area (Å²) in [5, 5.41) is 0. The zero-order chi connectivity index (χ0) is 15.5. The van der Waals surface area contributed by atoms with Crippen molar-refractivity contribution in [3.63, 3.8) is 0 Å². The molecule has 1 aromatic rings. The van der Waals surface area contributed by atoms with Crippen molar-refractivity contribution < 1.29 is 17.6 Å². The van der Waals surface area contributed by atoms with E-state index in [1.54, 1.807) is 17.0 Å². The number of rotatable bonds is 4. The molecular formula is C14H19FN2O3S. The van der Waals surface area contributed by atoms with Gasteiger partial charge in [-0.1, -0.05) is 12.1 Å². The van der Waals surface area contributed by atoms with Gasteiger partial charge in [-0.05, 0) is 30.9 Å². The molecule has 21 heavy (non-hydrogen) atoms. The van der Waals surface area contributed by atoms with E-state index >= 15 is 0 Å². The maximum absolute atomic E-state index is 13.7. The molecule has 1 N–H and O–H groups in total. The fourth-order valence-electron chi connectivity index (χ4n) is 2.49. The number of halogens is 1. The second kappa shape index (κ2) is 6.53. The Morgan fingerprint density at radius 2 is 2.14 bits per heavy atom. The lowest BCUT2D eigenvalue weighted by Crippen LogP contribution is -2.43. The van der Waals surface area contributed by atoms with Crippen LogP contribution >= 0.6 is 0 Å². The van der Waals surface area contributed by atoms with E-state index in [-0.39, 0.29) is 17.4 Å². The van der Waals surface area contributed by atoms with Crippen molar-refractivity contribution in [1.82, 2.24) is 9.62 Å². The van der Waals surface area contributed by atoms with Crippen LogP contribution in [0.3, 0.4) is 0 Å². The van der Waals surface area contributed by atoms with Gasteiger partial charge in [0.1, 0.15) is 5.82 Å². The Bertz CT molecular complexity index is 618. The van der Waals surface area contributed by atoms with Crippen LogP contribution in [0.2, 0.25) is 0 Å². The van der Waals surface area contributed by atoms with Crippen molar-refractivity contribution in [1.29, 1.82) is 0 Å². The minimum Gasteiger partial charge on any atom is -0.338 e. The van der Waals surface area contributed by atoms with Crippen LogP contribution in [0.15, 0.2) is 24.3 Å². The molecule has 1 fully saturated rings. The van der Waals surface area contributed by atoms with Gasteiger partial charge in [-0.15, -0.1) is 0 Å². The fraction of sp³-hybridized carbons (Fsp3) is 0.500. The Balaban J connectivity index is 2.01. The van der Waals surface area contributed by atoms with Crippen LogP contribution in [-0.2, 0) is 10.0 Å². The fourth-order valence-corrected chi connectivity index (χ4v) is 3.03. The summed E-state index contributed by atoms with van der Waals surface area (Å²) >= 11 is 0. The SMILES string of the molecule is CS(=O)(=O)NCC1CCCN(C(=O)c2ccccc2F)C1. The number of likely N-dealkylation sites (tertiary alicyclic amines) is 1. The second-order valence-electron chi connectivity index (χ2n) is 5.36. The topological polar surface area (TPSA) is 66.5 Å². The van der Waals surface area contributed by atoms with Gasteiger partial charge >= 0.3 is 0 Å². The van der Waals surface area contributed by atoms with E-state index < -0.39 is 15.8 Å². The zero-order valence-corrected chi connectivity index (χ0v) is 12.7. The van der Waals surface area contributed by atoms with Crippen LogP contribution < -0.4 is 4.72 Å². The predicted molar refractivity (Wildman–Crippen MR) is 77.9 cm³/mol. The summed E-state index contributed by atoms with van der Waals surface area (Å²) in [7, 11) is -3.23. The van der Waals surface area contributed by atoms with Crippen molar-refractivity contribution in [2.24, 2.45) is 5.92 Å². The van der Waals surface area contributed by atoms with Crippen LogP contribution in [0.25, 0.3) is 0 Å². The smallest absolute Gasteiger partial charge is 0.256 e. The molecule has 116 valence electrons. The maximum atomic E-state index is 13.7. The number of nitrogens with one attached hydrogen (secondary N) is 1. The molecule has 1 aromatic carbocycles. The highest BCUT2D eigenvalue weighted by Gasteiger charge is 2.26. The first-order valence-corrected chi connectivity index (χ1v) is 8.74. The molecule has 0 saturated carbocycles. The summed E-state index contributed by atoms with van der Waals surface area (Å²) in [6.07, 6.45) is 2.75. The summed E-state index contributed by atoms with van der Waals surface area (Å²) in [5.74, 6) is -0.805. The molecule has 2 rings (SSSR count). The minimum atomic E-state index is -3.23. The Morgan fingerprint density at radius 1 is 1.43 bits per heavy atom. The maximum Gasteiger partial charge on any atom is 0.256 e. The number of hydrogen-bond donors (Lipinski definition) is 1. The number of sulfonamides is 1. The van der Waals surface area contributed by atoms with Crippen molar-refractivity contribution >= 4 is 15.9 Å². The molecule has 0 bridgehead atoms. The van der Waals surface area contributed by atoms with Gasteiger partial charge in [0.25, 0.3) is 5.91 Å². The Morgan fingerprint density at radius 3 is 2.81 bits per heavy atom. The molecular weight excluding hydrogens is 295 g/mol. The predicted octanol–water partition coefficient (Wildman–Crippen LogP) is 1.23. The number of carbonyl (C=O) groups is 1. The highest BCUT2D eigenvalue weighted by atomic mass is 32.2. The minimum absolute atomic E-state index is 0.0594. The van der Waals surface area contributed by atoms with Crippen LogP contribution in [0.4, 0.5) is 4.39 Å². The largest absolute Gasteiger partial charge is 0.338 e. The summed E-state index contributed by atoms with van der Waals surface area (Å²) in [6.45, 7) is 1.32. The monoisotopic (exact) mass is 314 g/mol. The number of benzene rings is 1. The number of hydrogen-bond acceptors (Lipinski definition) is 3. The summed E-state index contributed by atoms with van der Waals surface area (Å²) in [4.78, 5) is 13.9. The van der Waals surface area contributed by atoms with Crippen molar-refractivity contribution in [2.45, 2.75) is 12.8 Å². The van der Waals surface area contributed by atoms with Crippen LogP contribution in [0.5, 0.6) is 0 Å². The third-order valence-corrected chi connectivity index (χ3v) is 4.24. The molecule has 5 nitrogen and oxygen atoms in total. The van der Waals surface area contributed by atoms with Gasteiger partial charge in [0.2, 0.25) is 10.0 Å².